The predicted molar refractivity (Wildman–Crippen MR) is 117 cm³/mol. The number of hydrogen-bond acceptors (Lipinski definition) is 10. The lowest BCUT2D eigenvalue weighted by atomic mass is 10.2. The molecule has 4 rings (SSSR count). The Hall–Kier alpha value is -2.72. The molecule has 1 aliphatic rings. The fourth-order valence-corrected chi connectivity index (χ4v) is 4.92. The van der Waals surface area contributed by atoms with Crippen LogP contribution in [0.2, 0.25) is 0 Å². The van der Waals surface area contributed by atoms with Crippen molar-refractivity contribution in [1.29, 1.82) is 0 Å². The molecule has 2 aromatic heterocycles. The number of anilines is 2. The number of nitrogens with zero attached hydrogens (tertiary/aromatic N) is 4. The van der Waals surface area contributed by atoms with Crippen molar-refractivity contribution in [2.45, 2.75) is 10.1 Å². The summed E-state index contributed by atoms with van der Waals surface area (Å²) in [6, 6.07) is 11.6. The van der Waals surface area contributed by atoms with Crippen LogP contribution in [-0.4, -0.2) is 56.6 Å². The van der Waals surface area contributed by atoms with Crippen LogP contribution in [0.1, 0.15) is 16.3 Å². The molecule has 158 valence electrons. The topological polar surface area (TPSA) is 80.9 Å². The average Bonchev–Trinajstić information content (AvgIpc) is 3.47. The van der Waals surface area contributed by atoms with E-state index in [-0.39, 0.29) is 5.76 Å². The minimum atomic E-state index is -0.474. The number of carbonyl (C=O) groups is 1. The van der Waals surface area contributed by atoms with Crippen molar-refractivity contribution in [3.63, 3.8) is 0 Å². The van der Waals surface area contributed by atoms with Gasteiger partial charge < -0.3 is 23.7 Å². The van der Waals surface area contributed by atoms with Gasteiger partial charge in [0.15, 0.2) is 4.34 Å². The molecule has 0 atom stereocenters. The first-order valence-corrected chi connectivity index (χ1v) is 11.2. The van der Waals surface area contributed by atoms with Crippen molar-refractivity contribution in [3.8, 4) is 5.75 Å². The number of carbonyl (C=O) groups excluding carboxylic acids is 1. The number of piperazine rings is 1. The Morgan fingerprint density at radius 1 is 1.07 bits per heavy atom. The molecule has 1 saturated heterocycles. The number of aromatic nitrogens is 2. The van der Waals surface area contributed by atoms with Crippen molar-refractivity contribution in [2.75, 3.05) is 50.2 Å². The zero-order valence-electron chi connectivity index (χ0n) is 16.7. The van der Waals surface area contributed by atoms with Gasteiger partial charge in [0.25, 0.3) is 0 Å². The Morgan fingerprint density at radius 2 is 1.80 bits per heavy atom. The Morgan fingerprint density at radius 3 is 2.50 bits per heavy atom. The van der Waals surface area contributed by atoms with Crippen molar-refractivity contribution >= 4 is 39.9 Å². The summed E-state index contributed by atoms with van der Waals surface area (Å²) in [5.41, 5.74) is 1.20. The number of thioether (sulfide) groups is 1. The molecule has 1 fully saturated rings. The Balaban J connectivity index is 1.29. The van der Waals surface area contributed by atoms with E-state index in [4.69, 9.17) is 9.15 Å². The van der Waals surface area contributed by atoms with Gasteiger partial charge in [-0.25, -0.2) is 4.79 Å². The van der Waals surface area contributed by atoms with Crippen molar-refractivity contribution in [3.05, 3.63) is 47.9 Å². The van der Waals surface area contributed by atoms with Gasteiger partial charge in [-0.1, -0.05) is 23.1 Å². The second-order valence-electron chi connectivity index (χ2n) is 6.57. The summed E-state index contributed by atoms with van der Waals surface area (Å²) in [5, 5.41) is 9.57. The Kier molecular flexibility index (Phi) is 6.44. The second kappa shape index (κ2) is 9.40. The first kappa shape index (κ1) is 20.5. The SMILES string of the molecule is COC(=O)c1ccc(CSc2nnc(N3CCN(c4ccc(OC)cc4)CC3)s2)o1. The van der Waals surface area contributed by atoms with Crippen molar-refractivity contribution < 1.29 is 18.7 Å². The first-order valence-electron chi connectivity index (χ1n) is 9.43. The summed E-state index contributed by atoms with van der Waals surface area (Å²) in [6.07, 6.45) is 0. The third kappa shape index (κ3) is 4.71. The zero-order valence-corrected chi connectivity index (χ0v) is 18.4. The molecule has 0 radical (unpaired) electrons. The number of furan rings is 1. The molecule has 8 nitrogen and oxygen atoms in total. The number of benzene rings is 1. The first-order chi connectivity index (χ1) is 14.7. The van der Waals surface area contributed by atoms with Gasteiger partial charge in [-0.15, -0.1) is 10.2 Å². The van der Waals surface area contributed by atoms with Crippen molar-refractivity contribution in [2.24, 2.45) is 0 Å². The summed E-state index contributed by atoms with van der Waals surface area (Å²) in [7, 11) is 3.01. The van der Waals surface area contributed by atoms with E-state index < -0.39 is 5.97 Å². The van der Waals surface area contributed by atoms with Gasteiger partial charge in [0, 0.05) is 31.9 Å². The van der Waals surface area contributed by atoms with Crippen LogP contribution in [0, 0.1) is 0 Å². The van der Waals surface area contributed by atoms with Crippen LogP contribution in [0.5, 0.6) is 5.75 Å². The minimum absolute atomic E-state index is 0.209. The third-order valence-corrected chi connectivity index (χ3v) is 6.91. The number of methoxy groups -OCH3 is 2. The van der Waals surface area contributed by atoms with E-state index in [2.05, 4.69) is 36.9 Å². The molecule has 30 heavy (non-hydrogen) atoms. The molecule has 0 spiro atoms. The normalized spacial score (nSPS) is 14.1. The molecule has 0 aliphatic carbocycles. The fraction of sp³-hybridized carbons (Fsp3) is 0.350. The molecule has 1 aliphatic heterocycles. The Bertz CT molecular complexity index is 981. The lowest BCUT2D eigenvalue weighted by Crippen LogP contribution is -2.46. The predicted octanol–water partition coefficient (Wildman–Crippen LogP) is 3.55. The standard InChI is InChI=1S/C20H22N4O4S2/c1-26-15-5-3-14(4-6-15)23-9-11-24(12-10-23)19-21-22-20(30-19)29-13-16-7-8-17(28-16)18(25)27-2/h3-8H,9-13H2,1-2H3. The van der Waals surface area contributed by atoms with E-state index in [0.717, 1.165) is 41.4 Å². The summed E-state index contributed by atoms with van der Waals surface area (Å²) < 4.78 is 16.2. The molecule has 3 aromatic rings. The van der Waals surface area contributed by atoms with E-state index in [1.165, 1.54) is 12.8 Å². The molecule has 3 heterocycles. The van der Waals surface area contributed by atoms with Crippen LogP contribution in [-0.2, 0) is 10.5 Å². The van der Waals surface area contributed by atoms with Gasteiger partial charge in [0.2, 0.25) is 10.9 Å². The molecular formula is C20H22N4O4S2. The third-order valence-electron chi connectivity index (χ3n) is 4.77. The summed E-state index contributed by atoms with van der Waals surface area (Å²) >= 11 is 3.12. The van der Waals surface area contributed by atoms with Crippen LogP contribution in [0.3, 0.4) is 0 Å². The smallest absolute Gasteiger partial charge is 0.373 e. The van der Waals surface area contributed by atoms with E-state index in [1.807, 2.05) is 12.1 Å². The molecule has 0 amide bonds. The number of rotatable bonds is 7. The Labute approximate surface area is 182 Å². The van der Waals surface area contributed by atoms with E-state index in [1.54, 1.807) is 42.3 Å². The molecule has 1 aromatic carbocycles. The second-order valence-corrected chi connectivity index (χ2v) is 8.75. The number of hydrogen-bond donors (Lipinski definition) is 0. The van der Waals surface area contributed by atoms with Gasteiger partial charge >= 0.3 is 5.97 Å². The lowest BCUT2D eigenvalue weighted by Gasteiger charge is -2.35. The molecule has 0 N–H and O–H groups in total. The number of esters is 1. The maximum atomic E-state index is 11.5. The van der Waals surface area contributed by atoms with E-state index >= 15 is 0 Å². The minimum Gasteiger partial charge on any atom is -0.497 e. The fourth-order valence-electron chi connectivity index (χ4n) is 3.14. The van der Waals surface area contributed by atoms with Gasteiger partial charge in [-0.2, -0.15) is 0 Å². The van der Waals surface area contributed by atoms with Gasteiger partial charge in [0.1, 0.15) is 11.5 Å². The molecule has 10 heteroatoms. The van der Waals surface area contributed by atoms with Crippen molar-refractivity contribution in [1.82, 2.24) is 10.2 Å². The highest BCUT2D eigenvalue weighted by Crippen LogP contribution is 2.31. The zero-order chi connectivity index (χ0) is 20.9. The lowest BCUT2D eigenvalue weighted by molar-refractivity contribution is 0.0563. The molecular weight excluding hydrogens is 424 g/mol. The maximum absolute atomic E-state index is 11.5. The maximum Gasteiger partial charge on any atom is 0.373 e. The van der Waals surface area contributed by atoms with Crippen LogP contribution >= 0.6 is 23.1 Å². The highest BCUT2D eigenvalue weighted by molar-refractivity contribution is 8.00. The largest absolute Gasteiger partial charge is 0.497 e. The number of ether oxygens (including phenoxy) is 2. The van der Waals surface area contributed by atoms with Gasteiger partial charge in [0.05, 0.1) is 20.0 Å². The van der Waals surface area contributed by atoms with Crippen LogP contribution in [0.4, 0.5) is 10.8 Å². The highest BCUT2D eigenvalue weighted by Gasteiger charge is 2.21. The van der Waals surface area contributed by atoms with Crippen LogP contribution < -0.4 is 14.5 Å². The van der Waals surface area contributed by atoms with Gasteiger partial charge in [-0.05, 0) is 36.4 Å². The summed E-state index contributed by atoms with van der Waals surface area (Å²) in [5.74, 6) is 1.88. The summed E-state index contributed by atoms with van der Waals surface area (Å²) in [6.45, 7) is 3.65. The van der Waals surface area contributed by atoms with E-state index in [9.17, 15) is 4.79 Å². The van der Waals surface area contributed by atoms with Gasteiger partial charge in [-0.3, -0.25) is 0 Å². The molecule has 0 bridgehead atoms. The van der Waals surface area contributed by atoms with Crippen LogP contribution in [0.25, 0.3) is 0 Å². The molecule has 0 saturated carbocycles. The monoisotopic (exact) mass is 446 g/mol. The average molecular weight is 447 g/mol. The summed E-state index contributed by atoms with van der Waals surface area (Å²) in [4.78, 5) is 16.1. The van der Waals surface area contributed by atoms with Crippen LogP contribution in [0.15, 0.2) is 45.2 Å². The quantitative estimate of drug-likeness (QED) is 0.400. The molecule has 0 unspecified atom stereocenters. The highest BCUT2D eigenvalue weighted by atomic mass is 32.2. The van der Waals surface area contributed by atoms with E-state index in [0.29, 0.717) is 11.5 Å².